The fourth-order valence-electron chi connectivity index (χ4n) is 1.52. The number of carbonyl (C=O) groups excluding carboxylic acids is 1. The van der Waals surface area contributed by atoms with Crippen LogP contribution in [0.2, 0.25) is 0 Å². The molecular weight excluding hydrogens is 228 g/mol. The van der Waals surface area contributed by atoms with Gasteiger partial charge in [0.05, 0.1) is 11.2 Å². The highest BCUT2D eigenvalue weighted by Crippen LogP contribution is 2.13. The van der Waals surface area contributed by atoms with Crippen LogP contribution in [0.3, 0.4) is 0 Å². The smallest absolute Gasteiger partial charge is 0.256 e. The molecule has 0 spiro atoms. The maximum absolute atomic E-state index is 13.3. The third-order valence-corrected chi connectivity index (χ3v) is 2.13. The van der Waals surface area contributed by atoms with Gasteiger partial charge in [-0.05, 0) is 32.0 Å². The van der Waals surface area contributed by atoms with E-state index in [4.69, 9.17) is 0 Å². The molecule has 0 aliphatic heterocycles. The van der Waals surface area contributed by atoms with Crippen molar-refractivity contribution in [1.29, 1.82) is 0 Å². The Morgan fingerprint density at radius 1 is 1.41 bits per heavy atom. The van der Waals surface area contributed by atoms with E-state index in [1.807, 2.05) is 0 Å². The summed E-state index contributed by atoms with van der Waals surface area (Å²) in [5.41, 5.74) is -1.43. The fraction of sp³-hybridized carbons (Fsp3) is 0.417. The number of hydrogen-bond donors (Lipinski definition) is 1. The quantitative estimate of drug-likeness (QED) is 0.879. The number of rotatable bonds is 3. The first kappa shape index (κ1) is 13.6. The Kier molecular flexibility index (Phi) is 3.83. The van der Waals surface area contributed by atoms with Gasteiger partial charge in [-0.2, -0.15) is 0 Å². The van der Waals surface area contributed by atoms with Crippen LogP contribution in [0.15, 0.2) is 18.2 Å². The molecule has 0 aliphatic rings. The maximum atomic E-state index is 13.3. The van der Waals surface area contributed by atoms with E-state index in [0.29, 0.717) is 0 Å². The second-order valence-electron chi connectivity index (χ2n) is 4.60. The number of amides is 1. The van der Waals surface area contributed by atoms with Gasteiger partial charge < -0.3 is 10.0 Å². The van der Waals surface area contributed by atoms with Gasteiger partial charge in [-0.25, -0.2) is 8.78 Å². The summed E-state index contributed by atoms with van der Waals surface area (Å²) in [4.78, 5) is 13.0. The van der Waals surface area contributed by atoms with Gasteiger partial charge in [-0.1, -0.05) is 0 Å². The van der Waals surface area contributed by atoms with Crippen molar-refractivity contribution < 1.29 is 18.7 Å². The molecule has 1 rings (SSSR count). The second kappa shape index (κ2) is 4.79. The van der Waals surface area contributed by atoms with Crippen LogP contribution in [0.1, 0.15) is 24.2 Å². The molecule has 0 radical (unpaired) electrons. The van der Waals surface area contributed by atoms with Crippen molar-refractivity contribution in [1.82, 2.24) is 4.90 Å². The zero-order valence-corrected chi connectivity index (χ0v) is 10.00. The third-order valence-electron chi connectivity index (χ3n) is 2.13. The van der Waals surface area contributed by atoms with Crippen molar-refractivity contribution in [2.45, 2.75) is 19.4 Å². The molecular formula is C12H15F2NO2. The predicted molar refractivity (Wildman–Crippen MR) is 59.6 cm³/mol. The van der Waals surface area contributed by atoms with E-state index in [0.717, 1.165) is 23.1 Å². The summed E-state index contributed by atoms with van der Waals surface area (Å²) >= 11 is 0. The summed E-state index contributed by atoms with van der Waals surface area (Å²) in [7, 11) is 1.42. The molecule has 1 aromatic carbocycles. The average Bonchev–Trinajstić information content (AvgIpc) is 2.18. The van der Waals surface area contributed by atoms with Gasteiger partial charge in [-0.3, -0.25) is 4.79 Å². The van der Waals surface area contributed by atoms with E-state index in [1.165, 1.54) is 20.9 Å². The lowest BCUT2D eigenvalue weighted by atomic mass is 10.1. The van der Waals surface area contributed by atoms with Crippen LogP contribution in [-0.4, -0.2) is 35.1 Å². The molecule has 0 atom stereocenters. The molecule has 0 aliphatic carbocycles. The summed E-state index contributed by atoms with van der Waals surface area (Å²) in [5, 5.41) is 9.55. The molecule has 0 unspecified atom stereocenters. The minimum absolute atomic E-state index is 0.0296. The van der Waals surface area contributed by atoms with E-state index in [9.17, 15) is 18.7 Å². The number of aliphatic hydroxyl groups is 1. The molecule has 3 nitrogen and oxygen atoms in total. The van der Waals surface area contributed by atoms with Gasteiger partial charge in [-0.15, -0.1) is 0 Å². The van der Waals surface area contributed by atoms with Crippen LogP contribution in [0.5, 0.6) is 0 Å². The summed E-state index contributed by atoms with van der Waals surface area (Å²) in [5.74, 6) is -2.12. The number of hydrogen-bond acceptors (Lipinski definition) is 2. The van der Waals surface area contributed by atoms with E-state index >= 15 is 0 Å². The molecule has 0 saturated carbocycles. The van der Waals surface area contributed by atoms with E-state index < -0.39 is 23.1 Å². The van der Waals surface area contributed by atoms with Gasteiger partial charge in [0, 0.05) is 13.6 Å². The number of halogens is 2. The van der Waals surface area contributed by atoms with E-state index in [1.54, 1.807) is 0 Å². The zero-order chi connectivity index (χ0) is 13.2. The van der Waals surface area contributed by atoms with Crippen LogP contribution in [0.4, 0.5) is 8.78 Å². The number of nitrogens with zero attached hydrogens (tertiary/aromatic N) is 1. The highest BCUT2D eigenvalue weighted by atomic mass is 19.1. The molecule has 94 valence electrons. The van der Waals surface area contributed by atoms with Gasteiger partial charge in [0.15, 0.2) is 0 Å². The fourth-order valence-corrected chi connectivity index (χ4v) is 1.52. The van der Waals surface area contributed by atoms with Gasteiger partial charge in [0.25, 0.3) is 5.91 Å². The summed E-state index contributed by atoms with van der Waals surface area (Å²) in [6.07, 6.45) is 0. The number of likely N-dealkylation sites (N-methyl/N-ethyl adjacent to an activating group) is 1. The monoisotopic (exact) mass is 243 g/mol. The third kappa shape index (κ3) is 3.78. The molecule has 0 fully saturated rings. The first-order chi connectivity index (χ1) is 7.70. The Morgan fingerprint density at radius 2 is 2.00 bits per heavy atom. The lowest BCUT2D eigenvalue weighted by Crippen LogP contribution is -2.40. The number of benzene rings is 1. The Morgan fingerprint density at radius 3 is 2.53 bits per heavy atom. The van der Waals surface area contributed by atoms with Crippen LogP contribution in [0.25, 0.3) is 0 Å². The first-order valence-electron chi connectivity index (χ1n) is 5.13. The predicted octanol–water partition coefficient (Wildman–Crippen LogP) is 1.81. The van der Waals surface area contributed by atoms with E-state index in [-0.39, 0.29) is 12.1 Å². The highest BCUT2D eigenvalue weighted by molar-refractivity contribution is 5.94. The van der Waals surface area contributed by atoms with Gasteiger partial charge in [0.1, 0.15) is 11.6 Å². The second-order valence-corrected chi connectivity index (χ2v) is 4.60. The molecule has 1 aromatic rings. The van der Waals surface area contributed by atoms with Crippen molar-refractivity contribution in [3.05, 3.63) is 35.4 Å². The lowest BCUT2D eigenvalue weighted by Gasteiger charge is -2.25. The van der Waals surface area contributed by atoms with Crippen molar-refractivity contribution in [3.63, 3.8) is 0 Å². The minimum Gasteiger partial charge on any atom is -0.389 e. The topological polar surface area (TPSA) is 40.5 Å². The minimum atomic E-state index is -1.09. The molecule has 1 amide bonds. The number of carbonyl (C=O) groups is 1. The van der Waals surface area contributed by atoms with Crippen LogP contribution < -0.4 is 0 Å². The lowest BCUT2D eigenvalue weighted by molar-refractivity contribution is 0.0365. The summed E-state index contributed by atoms with van der Waals surface area (Å²) in [6, 6.07) is 2.70. The molecule has 1 N–H and O–H groups in total. The molecule has 0 saturated heterocycles. The molecule has 5 heteroatoms. The van der Waals surface area contributed by atoms with E-state index in [2.05, 4.69) is 0 Å². The molecule has 17 heavy (non-hydrogen) atoms. The normalized spacial score (nSPS) is 11.4. The van der Waals surface area contributed by atoms with Crippen molar-refractivity contribution in [3.8, 4) is 0 Å². The van der Waals surface area contributed by atoms with Crippen LogP contribution in [0, 0.1) is 11.6 Å². The van der Waals surface area contributed by atoms with Crippen LogP contribution >= 0.6 is 0 Å². The molecule has 0 bridgehead atoms. The highest BCUT2D eigenvalue weighted by Gasteiger charge is 2.22. The first-order valence-corrected chi connectivity index (χ1v) is 5.13. The largest absolute Gasteiger partial charge is 0.389 e. The average molecular weight is 243 g/mol. The Labute approximate surface area is 98.7 Å². The molecule has 0 aromatic heterocycles. The van der Waals surface area contributed by atoms with Gasteiger partial charge >= 0.3 is 0 Å². The SMILES string of the molecule is CN(CC(C)(C)O)C(=O)c1cc(F)ccc1F. The summed E-state index contributed by atoms with van der Waals surface area (Å²) in [6.45, 7) is 3.08. The van der Waals surface area contributed by atoms with Crippen LogP contribution in [-0.2, 0) is 0 Å². The van der Waals surface area contributed by atoms with Crippen molar-refractivity contribution in [2.75, 3.05) is 13.6 Å². The van der Waals surface area contributed by atoms with Crippen molar-refractivity contribution >= 4 is 5.91 Å². The zero-order valence-electron chi connectivity index (χ0n) is 10.00. The summed E-state index contributed by atoms with van der Waals surface area (Å²) < 4.78 is 26.3. The molecule has 0 heterocycles. The Hall–Kier alpha value is -1.49. The Bertz CT molecular complexity index is 427. The Balaban J connectivity index is 2.93. The van der Waals surface area contributed by atoms with Crippen molar-refractivity contribution in [2.24, 2.45) is 0 Å². The van der Waals surface area contributed by atoms with Gasteiger partial charge in [0.2, 0.25) is 0 Å². The standard InChI is InChI=1S/C12H15F2NO2/c1-12(2,17)7-15(3)11(16)9-6-8(13)4-5-10(9)14/h4-6,17H,7H2,1-3H3. The maximum Gasteiger partial charge on any atom is 0.256 e.